The first-order chi connectivity index (χ1) is 7.60. The molecule has 1 atom stereocenters. The number of hydrogen-bond acceptors (Lipinski definition) is 3. The van der Waals surface area contributed by atoms with Gasteiger partial charge in [-0.2, -0.15) is 0 Å². The number of aliphatic hydroxyl groups excluding tert-OH is 1. The molecule has 0 amide bonds. The zero-order valence-electron chi connectivity index (χ0n) is 9.86. The fourth-order valence-corrected chi connectivity index (χ4v) is 1.56. The molecular weight excluding hydrogens is 202 g/mol. The molecule has 3 N–H and O–H groups in total. The topological polar surface area (TPSA) is 55.5 Å². The molecule has 1 aromatic carbocycles. The minimum Gasteiger partial charge on any atom is -0.495 e. The van der Waals surface area contributed by atoms with E-state index in [1.54, 1.807) is 13.2 Å². The van der Waals surface area contributed by atoms with Gasteiger partial charge >= 0.3 is 0 Å². The second-order valence-corrected chi connectivity index (χ2v) is 3.79. The predicted molar refractivity (Wildman–Crippen MR) is 66.4 cm³/mol. The highest BCUT2D eigenvalue weighted by molar-refractivity contribution is 5.59. The molecule has 88 valence electrons. The van der Waals surface area contributed by atoms with Crippen LogP contribution in [0.15, 0.2) is 30.4 Å². The Morgan fingerprint density at radius 2 is 2.25 bits per heavy atom. The lowest BCUT2D eigenvalue weighted by Crippen LogP contribution is -2.04. The van der Waals surface area contributed by atoms with Crippen LogP contribution in [0.3, 0.4) is 0 Å². The molecule has 1 unspecified atom stereocenters. The number of para-hydroxylation sites is 1. The van der Waals surface area contributed by atoms with Crippen molar-refractivity contribution >= 4 is 5.69 Å². The summed E-state index contributed by atoms with van der Waals surface area (Å²) >= 11 is 0. The number of benzene rings is 1. The molecule has 0 saturated carbocycles. The summed E-state index contributed by atoms with van der Waals surface area (Å²) in [6, 6.07) is 5.41. The summed E-state index contributed by atoms with van der Waals surface area (Å²) in [4.78, 5) is 0. The van der Waals surface area contributed by atoms with Gasteiger partial charge in [-0.15, -0.1) is 0 Å². The zero-order chi connectivity index (χ0) is 12.1. The Bertz CT molecular complexity index is 374. The van der Waals surface area contributed by atoms with Gasteiger partial charge in [0.1, 0.15) is 5.75 Å². The van der Waals surface area contributed by atoms with E-state index in [-0.39, 0.29) is 0 Å². The minimum atomic E-state index is -0.609. The molecule has 0 aliphatic carbocycles. The highest BCUT2D eigenvalue weighted by Crippen LogP contribution is 2.32. The molecule has 0 aliphatic rings. The van der Waals surface area contributed by atoms with Gasteiger partial charge in [-0.05, 0) is 18.9 Å². The summed E-state index contributed by atoms with van der Waals surface area (Å²) in [6.45, 7) is 5.90. The predicted octanol–water partition coefficient (Wildman–Crippen LogP) is 2.67. The number of hydrogen-bond donors (Lipinski definition) is 2. The van der Waals surface area contributed by atoms with Crippen molar-refractivity contribution in [3.63, 3.8) is 0 Å². The van der Waals surface area contributed by atoms with Crippen molar-refractivity contribution in [1.29, 1.82) is 0 Å². The highest BCUT2D eigenvalue weighted by Gasteiger charge is 2.14. The SMILES string of the molecule is C=C(CC)CC(O)c1cccc(OC)c1N. The van der Waals surface area contributed by atoms with E-state index in [0.717, 1.165) is 12.0 Å². The van der Waals surface area contributed by atoms with E-state index in [9.17, 15) is 5.11 Å². The van der Waals surface area contributed by atoms with Crippen LogP contribution in [0, 0.1) is 0 Å². The van der Waals surface area contributed by atoms with E-state index in [1.165, 1.54) is 0 Å². The molecule has 3 nitrogen and oxygen atoms in total. The number of ether oxygens (including phenoxy) is 1. The molecule has 0 heterocycles. The average Bonchev–Trinajstić information content (AvgIpc) is 2.29. The fraction of sp³-hybridized carbons (Fsp3) is 0.385. The summed E-state index contributed by atoms with van der Waals surface area (Å²) in [5.74, 6) is 0.596. The lowest BCUT2D eigenvalue weighted by Gasteiger charge is -2.16. The quantitative estimate of drug-likeness (QED) is 0.593. The van der Waals surface area contributed by atoms with Crippen LogP contribution in [0.1, 0.15) is 31.4 Å². The normalized spacial score (nSPS) is 12.2. The Hall–Kier alpha value is -1.48. The number of methoxy groups -OCH3 is 1. The van der Waals surface area contributed by atoms with Crippen LogP contribution in [0.5, 0.6) is 5.75 Å². The first-order valence-electron chi connectivity index (χ1n) is 5.37. The van der Waals surface area contributed by atoms with Crippen LogP contribution < -0.4 is 10.5 Å². The highest BCUT2D eigenvalue weighted by atomic mass is 16.5. The van der Waals surface area contributed by atoms with E-state index >= 15 is 0 Å². The van der Waals surface area contributed by atoms with Gasteiger partial charge in [-0.25, -0.2) is 0 Å². The van der Waals surface area contributed by atoms with E-state index in [4.69, 9.17) is 10.5 Å². The summed E-state index contributed by atoms with van der Waals surface area (Å²) in [6.07, 6.45) is 0.789. The van der Waals surface area contributed by atoms with E-state index in [2.05, 4.69) is 6.58 Å². The molecule has 0 spiro atoms. The van der Waals surface area contributed by atoms with Crippen molar-refractivity contribution in [2.24, 2.45) is 0 Å². The van der Waals surface area contributed by atoms with Gasteiger partial charge in [0.25, 0.3) is 0 Å². The van der Waals surface area contributed by atoms with Crippen molar-refractivity contribution < 1.29 is 9.84 Å². The molecule has 0 saturated heterocycles. The zero-order valence-corrected chi connectivity index (χ0v) is 9.86. The van der Waals surface area contributed by atoms with Gasteiger partial charge in [0.05, 0.1) is 18.9 Å². The number of aliphatic hydroxyl groups is 1. The first kappa shape index (κ1) is 12.6. The summed E-state index contributed by atoms with van der Waals surface area (Å²) in [5.41, 5.74) is 8.11. The molecule has 0 aromatic heterocycles. The maximum atomic E-state index is 10.0. The first-order valence-corrected chi connectivity index (χ1v) is 5.37. The van der Waals surface area contributed by atoms with Crippen molar-refractivity contribution in [3.8, 4) is 5.75 Å². The fourth-order valence-electron chi connectivity index (χ4n) is 1.56. The maximum Gasteiger partial charge on any atom is 0.142 e. The third-order valence-electron chi connectivity index (χ3n) is 2.66. The second-order valence-electron chi connectivity index (χ2n) is 3.79. The number of rotatable bonds is 5. The molecule has 0 radical (unpaired) electrons. The smallest absolute Gasteiger partial charge is 0.142 e. The van der Waals surface area contributed by atoms with Gasteiger partial charge in [0.2, 0.25) is 0 Å². The van der Waals surface area contributed by atoms with Crippen LogP contribution in [0.2, 0.25) is 0 Å². The van der Waals surface area contributed by atoms with Gasteiger partial charge in [0, 0.05) is 5.56 Å². The van der Waals surface area contributed by atoms with Crippen LogP contribution in [0.25, 0.3) is 0 Å². The number of anilines is 1. The molecule has 0 bridgehead atoms. The molecule has 1 rings (SSSR count). The Morgan fingerprint density at radius 1 is 1.56 bits per heavy atom. The molecular formula is C13H19NO2. The second kappa shape index (κ2) is 5.56. The van der Waals surface area contributed by atoms with Gasteiger partial charge < -0.3 is 15.6 Å². The standard InChI is InChI=1S/C13H19NO2/c1-4-9(2)8-11(15)10-6-5-7-12(16-3)13(10)14/h5-7,11,15H,2,4,8,14H2,1,3H3. The molecule has 0 fully saturated rings. The third kappa shape index (κ3) is 2.76. The van der Waals surface area contributed by atoms with Crippen LogP contribution in [-0.2, 0) is 0 Å². The van der Waals surface area contributed by atoms with Gasteiger partial charge in [-0.3, -0.25) is 0 Å². The van der Waals surface area contributed by atoms with E-state index in [0.29, 0.717) is 23.4 Å². The van der Waals surface area contributed by atoms with Crippen molar-refractivity contribution in [1.82, 2.24) is 0 Å². The van der Waals surface area contributed by atoms with Gasteiger partial charge in [0.15, 0.2) is 0 Å². The third-order valence-corrected chi connectivity index (χ3v) is 2.66. The minimum absolute atomic E-state index is 0.501. The monoisotopic (exact) mass is 221 g/mol. The average molecular weight is 221 g/mol. The summed E-state index contributed by atoms with van der Waals surface area (Å²) in [5, 5.41) is 10.0. The van der Waals surface area contributed by atoms with Crippen LogP contribution in [-0.4, -0.2) is 12.2 Å². The van der Waals surface area contributed by atoms with E-state index in [1.807, 2.05) is 19.1 Å². The van der Waals surface area contributed by atoms with Crippen molar-refractivity contribution in [3.05, 3.63) is 35.9 Å². The lowest BCUT2D eigenvalue weighted by molar-refractivity contribution is 0.178. The number of nitrogen functional groups attached to an aromatic ring is 1. The molecule has 0 aliphatic heterocycles. The largest absolute Gasteiger partial charge is 0.495 e. The molecule has 1 aromatic rings. The van der Waals surface area contributed by atoms with Crippen molar-refractivity contribution in [2.75, 3.05) is 12.8 Å². The molecule has 3 heteroatoms. The van der Waals surface area contributed by atoms with Crippen LogP contribution >= 0.6 is 0 Å². The Balaban J connectivity index is 2.91. The summed E-state index contributed by atoms with van der Waals surface area (Å²) in [7, 11) is 1.56. The van der Waals surface area contributed by atoms with Crippen molar-refractivity contribution in [2.45, 2.75) is 25.9 Å². The van der Waals surface area contributed by atoms with E-state index < -0.39 is 6.10 Å². The van der Waals surface area contributed by atoms with Gasteiger partial charge in [-0.1, -0.05) is 31.2 Å². The molecule has 16 heavy (non-hydrogen) atoms. The Labute approximate surface area is 96.5 Å². The Kier molecular flexibility index (Phi) is 4.38. The summed E-state index contributed by atoms with van der Waals surface area (Å²) < 4.78 is 5.11. The maximum absolute atomic E-state index is 10.0. The lowest BCUT2D eigenvalue weighted by atomic mass is 9.99. The Morgan fingerprint density at radius 3 is 2.81 bits per heavy atom. The van der Waals surface area contributed by atoms with Crippen LogP contribution in [0.4, 0.5) is 5.69 Å². The number of nitrogens with two attached hydrogens (primary N) is 1.